The van der Waals surface area contributed by atoms with Crippen LogP contribution in [0.3, 0.4) is 0 Å². The Labute approximate surface area is 141 Å². The summed E-state index contributed by atoms with van der Waals surface area (Å²) in [6, 6.07) is 8.04. The fraction of sp³-hybridized carbons (Fsp3) is 0.412. The highest BCUT2D eigenvalue weighted by molar-refractivity contribution is 7.91. The summed E-state index contributed by atoms with van der Waals surface area (Å²) in [6.45, 7) is 3.96. The van der Waals surface area contributed by atoms with E-state index in [9.17, 15) is 13.2 Å². The van der Waals surface area contributed by atoms with Crippen molar-refractivity contribution in [3.05, 3.63) is 47.3 Å². The molecule has 1 aromatic heterocycles. The second-order valence-corrected chi connectivity index (χ2v) is 8.12. The van der Waals surface area contributed by atoms with E-state index >= 15 is 0 Å². The Balaban J connectivity index is 1.83. The van der Waals surface area contributed by atoms with Gasteiger partial charge in [0.15, 0.2) is 9.84 Å². The number of hydrogen-bond acceptors (Lipinski definition) is 5. The molecule has 24 heavy (non-hydrogen) atoms. The van der Waals surface area contributed by atoms with E-state index in [-0.39, 0.29) is 17.7 Å². The van der Waals surface area contributed by atoms with Crippen molar-refractivity contribution in [2.24, 2.45) is 0 Å². The summed E-state index contributed by atoms with van der Waals surface area (Å²) >= 11 is 0. The van der Waals surface area contributed by atoms with Crippen LogP contribution in [0.1, 0.15) is 34.7 Å². The zero-order valence-electron chi connectivity index (χ0n) is 13.7. The van der Waals surface area contributed by atoms with Crippen molar-refractivity contribution in [1.29, 1.82) is 0 Å². The quantitative estimate of drug-likeness (QED) is 0.847. The molecule has 3 rings (SSSR count). The van der Waals surface area contributed by atoms with E-state index in [1.165, 1.54) is 0 Å². The lowest BCUT2D eigenvalue weighted by Gasteiger charge is -2.24. The fourth-order valence-corrected chi connectivity index (χ4v) is 4.80. The molecule has 1 aliphatic heterocycles. The molecule has 1 unspecified atom stereocenters. The minimum atomic E-state index is -3.43. The fourth-order valence-electron chi connectivity index (χ4n) is 3.19. The molecule has 1 aromatic carbocycles. The molecule has 0 aliphatic carbocycles. The molecule has 0 spiro atoms. The molecule has 1 atom stereocenters. The van der Waals surface area contributed by atoms with Crippen molar-refractivity contribution in [1.82, 2.24) is 10.1 Å². The topological polar surface area (TPSA) is 80.5 Å². The molecular weight excluding hydrogens is 328 g/mol. The first-order valence-corrected chi connectivity index (χ1v) is 9.57. The van der Waals surface area contributed by atoms with Crippen LogP contribution in [0.25, 0.3) is 0 Å². The monoisotopic (exact) mass is 348 g/mol. The van der Waals surface area contributed by atoms with Gasteiger partial charge in [0.2, 0.25) is 0 Å². The van der Waals surface area contributed by atoms with E-state index in [0.717, 1.165) is 6.42 Å². The molecule has 1 fully saturated rings. The Morgan fingerprint density at radius 1 is 1.29 bits per heavy atom. The molecule has 2 heterocycles. The van der Waals surface area contributed by atoms with Crippen LogP contribution in [0.4, 0.5) is 0 Å². The third-order valence-electron chi connectivity index (χ3n) is 4.40. The zero-order chi connectivity index (χ0) is 17.3. The molecule has 1 amide bonds. The van der Waals surface area contributed by atoms with Crippen molar-refractivity contribution >= 4 is 15.7 Å². The number of rotatable bonds is 4. The minimum absolute atomic E-state index is 0.0634. The molecule has 0 saturated carbocycles. The zero-order valence-corrected chi connectivity index (χ0v) is 14.5. The van der Waals surface area contributed by atoms with Gasteiger partial charge in [-0.05, 0) is 38.8 Å². The van der Waals surface area contributed by atoms with Gasteiger partial charge in [-0.1, -0.05) is 23.4 Å². The average molecular weight is 348 g/mol. The number of sulfone groups is 1. The average Bonchev–Trinajstić information content (AvgIpc) is 3.14. The molecular formula is C17H20N2O4S. The number of hydrogen-bond donors (Lipinski definition) is 0. The Bertz CT molecular complexity index is 823. The lowest BCUT2D eigenvalue weighted by atomic mass is 10.1. The molecule has 0 radical (unpaired) electrons. The van der Waals surface area contributed by atoms with Gasteiger partial charge in [-0.3, -0.25) is 4.79 Å². The second kappa shape index (κ2) is 6.39. The van der Waals surface area contributed by atoms with E-state index in [4.69, 9.17) is 4.52 Å². The Morgan fingerprint density at radius 3 is 2.62 bits per heavy atom. The molecule has 7 heteroatoms. The number of aryl methyl sites for hydroxylation is 2. The van der Waals surface area contributed by atoms with Crippen LogP contribution >= 0.6 is 0 Å². The summed E-state index contributed by atoms with van der Waals surface area (Å²) in [5.41, 5.74) is 0.980. The number of carbonyl (C=O) groups is 1. The molecule has 0 bridgehead atoms. The maximum atomic E-state index is 12.8. The van der Waals surface area contributed by atoms with E-state index in [1.807, 2.05) is 0 Å². The Morgan fingerprint density at radius 2 is 2.00 bits per heavy atom. The first kappa shape index (κ1) is 16.7. The molecule has 0 N–H and O–H groups in total. The van der Waals surface area contributed by atoms with Gasteiger partial charge in [0.05, 0.1) is 16.3 Å². The summed E-state index contributed by atoms with van der Waals surface area (Å²) < 4.78 is 30.3. The van der Waals surface area contributed by atoms with Gasteiger partial charge < -0.3 is 9.42 Å². The lowest BCUT2D eigenvalue weighted by Crippen LogP contribution is -2.40. The molecule has 128 valence electrons. The summed E-state index contributed by atoms with van der Waals surface area (Å²) in [5, 5.41) is 3.82. The standard InChI is InChI=1S/C17H20N2O4S/c1-12-16(13(2)23-18-12)17(20)19-10-6-7-14(19)11-24(21,22)15-8-4-3-5-9-15/h3-5,8-9,14H,6-7,10-11H2,1-2H3. The van der Waals surface area contributed by atoms with Crippen LogP contribution in [-0.4, -0.2) is 42.7 Å². The van der Waals surface area contributed by atoms with Gasteiger partial charge in [0.25, 0.3) is 5.91 Å². The van der Waals surface area contributed by atoms with Crippen molar-refractivity contribution in [2.45, 2.75) is 37.6 Å². The van der Waals surface area contributed by atoms with Crippen molar-refractivity contribution in [2.75, 3.05) is 12.3 Å². The van der Waals surface area contributed by atoms with E-state index in [2.05, 4.69) is 5.16 Å². The molecule has 1 aliphatic rings. The second-order valence-electron chi connectivity index (χ2n) is 6.09. The van der Waals surface area contributed by atoms with E-state index in [0.29, 0.717) is 34.9 Å². The number of aromatic nitrogens is 1. The maximum absolute atomic E-state index is 12.8. The number of benzene rings is 1. The third-order valence-corrected chi connectivity index (χ3v) is 6.21. The van der Waals surface area contributed by atoms with Crippen LogP contribution in [0.2, 0.25) is 0 Å². The van der Waals surface area contributed by atoms with E-state index in [1.54, 1.807) is 49.1 Å². The SMILES string of the molecule is Cc1noc(C)c1C(=O)N1CCCC1CS(=O)(=O)c1ccccc1. The Hall–Kier alpha value is -2.15. The predicted molar refractivity (Wildman–Crippen MR) is 88.5 cm³/mol. The van der Waals surface area contributed by atoms with Crippen LogP contribution in [0.15, 0.2) is 39.8 Å². The van der Waals surface area contributed by atoms with Gasteiger partial charge in [-0.25, -0.2) is 8.42 Å². The third kappa shape index (κ3) is 3.08. The first-order valence-electron chi connectivity index (χ1n) is 7.92. The number of amides is 1. The lowest BCUT2D eigenvalue weighted by molar-refractivity contribution is 0.0747. The van der Waals surface area contributed by atoms with Crippen LogP contribution < -0.4 is 0 Å². The Kier molecular flexibility index (Phi) is 4.45. The molecule has 1 saturated heterocycles. The van der Waals surface area contributed by atoms with E-state index < -0.39 is 9.84 Å². The summed E-state index contributed by atoms with van der Waals surface area (Å²) in [5.74, 6) is 0.206. The highest BCUT2D eigenvalue weighted by atomic mass is 32.2. The van der Waals surface area contributed by atoms with Gasteiger partial charge in [0.1, 0.15) is 11.3 Å². The van der Waals surface area contributed by atoms with Crippen molar-refractivity contribution in [3.8, 4) is 0 Å². The maximum Gasteiger partial charge on any atom is 0.259 e. The smallest absolute Gasteiger partial charge is 0.259 e. The van der Waals surface area contributed by atoms with Gasteiger partial charge in [-0.2, -0.15) is 0 Å². The first-order chi connectivity index (χ1) is 11.4. The molecule has 6 nitrogen and oxygen atoms in total. The van der Waals surface area contributed by atoms with Crippen molar-refractivity contribution < 1.29 is 17.7 Å². The van der Waals surface area contributed by atoms with Crippen LogP contribution in [-0.2, 0) is 9.84 Å². The summed E-state index contributed by atoms with van der Waals surface area (Å²) in [6.07, 6.45) is 1.48. The number of likely N-dealkylation sites (tertiary alicyclic amines) is 1. The molecule has 2 aromatic rings. The summed E-state index contributed by atoms with van der Waals surface area (Å²) in [4.78, 5) is 14.8. The van der Waals surface area contributed by atoms with Gasteiger partial charge in [0, 0.05) is 12.6 Å². The van der Waals surface area contributed by atoms with Gasteiger partial charge >= 0.3 is 0 Å². The number of nitrogens with zero attached hydrogens (tertiary/aromatic N) is 2. The minimum Gasteiger partial charge on any atom is -0.361 e. The predicted octanol–water partition coefficient (Wildman–Crippen LogP) is 2.37. The normalized spacial score (nSPS) is 18.1. The van der Waals surface area contributed by atoms with Gasteiger partial charge in [-0.15, -0.1) is 0 Å². The van der Waals surface area contributed by atoms with Crippen LogP contribution in [0, 0.1) is 13.8 Å². The largest absolute Gasteiger partial charge is 0.361 e. The highest BCUT2D eigenvalue weighted by Gasteiger charge is 2.35. The number of carbonyl (C=O) groups excluding carboxylic acids is 1. The summed E-state index contributed by atoms with van der Waals surface area (Å²) in [7, 11) is -3.43. The van der Waals surface area contributed by atoms with Crippen molar-refractivity contribution in [3.63, 3.8) is 0 Å². The van der Waals surface area contributed by atoms with Crippen LogP contribution in [0.5, 0.6) is 0 Å². The highest BCUT2D eigenvalue weighted by Crippen LogP contribution is 2.25.